The Morgan fingerprint density at radius 1 is 1.28 bits per heavy atom. The van der Waals surface area contributed by atoms with Gasteiger partial charge in [0.1, 0.15) is 17.5 Å². The van der Waals surface area contributed by atoms with Crippen LogP contribution in [0.25, 0.3) is 11.1 Å². The number of para-hydroxylation sites is 2. The first-order chi connectivity index (χ1) is 15.4. The number of hydrogen-bond donors (Lipinski definition) is 3. The zero-order valence-corrected chi connectivity index (χ0v) is 18.2. The summed E-state index contributed by atoms with van der Waals surface area (Å²) in [7, 11) is 0. The number of carbonyl (C=O) groups is 3. The molecule has 9 nitrogen and oxygen atoms in total. The van der Waals surface area contributed by atoms with E-state index in [1.165, 1.54) is 0 Å². The van der Waals surface area contributed by atoms with Crippen LogP contribution in [0, 0.1) is 11.8 Å². The van der Waals surface area contributed by atoms with Crippen molar-refractivity contribution < 1.29 is 28.6 Å². The number of allylic oxidation sites excluding steroid dienone is 2. The number of fused-ring (bicyclic) bond motifs is 1. The molecule has 0 saturated carbocycles. The van der Waals surface area contributed by atoms with Gasteiger partial charge in [-0.25, -0.2) is 4.98 Å². The molecule has 1 aromatic heterocycles. The topological polar surface area (TPSA) is 131 Å². The van der Waals surface area contributed by atoms with Crippen LogP contribution < -0.4 is 10.6 Å². The van der Waals surface area contributed by atoms with Crippen LogP contribution in [0.4, 0.5) is 0 Å². The van der Waals surface area contributed by atoms with Crippen LogP contribution in [-0.2, 0) is 25.5 Å². The van der Waals surface area contributed by atoms with E-state index in [-0.39, 0.29) is 26.0 Å². The number of hydrogen-bond acceptors (Lipinski definition) is 7. The minimum Gasteiger partial charge on any atom is -0.461 e. The first-order valence-corrected chi connectivity index (χ1v) is 10.8. The molecule has 3 N–H and O–H groups in total. The van der Waals surface area contributed by atoms with E-state index in [2.05, 4.69) is 15.6 Å². The van der Waals surface area contributed by atoms with E-state index in [1.54, 1.807) is 26.0 Å². The van der Waals surface area contributed by atoms with Crippen molar-refractivity contribution in [1.29, 1.82) is 0 Å². The van der Waals surface area contributed by atoms with Crippen molar-refractivity contribution in [3.05, 3.63) is 42.3 Å². The fraction of sp³-hybridized carbons (Fsp3) is 0.478. The molecular formula is C23H29N3O6. The molecule has 0 bridgehead atoms. The van der Waals surface area contributed by atoms with Crippen molar-refractivity contribution in [1.82, 2.24) is 15.6 Å². The van der Waals surface area contributed by atoms with Crippen molar-refractivity contribution >= 4 is 28.9 Å². The third kappa shape index (κ3) is 6.16. The van der Waals surface area contributed by atoms with E-state index in [0.29, 0.717) is 17.9 Å². The summed E-state index contributed by atoms with van der Waals surface area (Å²) in [6.07, 6.45) is 3.71. The van der Waals surface area contributed by atoms with Gasteiger partial charge in [0.25, 0.3) is 0 Å². The summed E-state index contributed by atoms with van der Waals surface area (Å²) in [5, 5.41) is 14.5. The van der Waals surface area contributed by atoms with Crippen LogP contribution >= 0.6 is 0 Å². The van der Waals surface area contributed by atoms with Gasteiger partial charge < -0.3 is 24.9 Å². The van der Waals surface area contributed by atoms with Gasteiger partial charge in [0.05, 0.1) is 19.1 Å². The van der Waals surface area contributed by atoms with E-state index in [4.69, 9.17) is 14.3 Å². The number of nitrogens with zero attached hydrogens (tertiary/aromatic N) is 1. The highest BCUT2D eigenvalue weighted by Crippen LogP contribution is 2.21. The van der Waals surface area contributed by atoms with Crippen LogP contribution in [0.5, 0.6) is 0 Å². The summed E-state index contributed by atoms with van der Waals surface area (Å²) in [6.45, 7) is 3.20. The molecule has 0 spiro atoms. The van der Waals surface area contributed by atoms with Crippen molar-refractivity contribution in [3.8, 4) is 0 Å². The quantitative estimate of drug-likeness (QED) is 0.363. The Bertz CT molecular complexity index is 952. The molecule has 3 rings (SSSR count). The number of benzene rings is 1. The van der Waals surface area contributed by atoms with Gasteiger partial charge in [-0.3, -0.25) is 14.4 Å². The van der Waals surface area contributed by atoms with Gasteiger partial charge in [-0.2, -0.15) is 0 Å². The van der Waals surface area contributed by atoms with Gasteiger partial charge in [-0.15, -0.1) is 0 Å². The number of oxazole rings is 1. The molecule has 0 saturated heterocycles. The predicted octanol–water partition coefficient (Wildman–Crippen LogP) is 1.50. The van der Waals surface area contributed by atoms with Crippen LogP contribution in [0.2, 0.25) is 0 Å². The molecule has 4 atom stereocenters. The third-order valence-corrected chi connectivity index (χ3v) is 5.23. The summed E-state index contributed by atoms with van der Waals surface area (Å²) >= 11 is 0. The van der Waals surface area contributed by atoms with E-state index < -0.39 is 41.8 Å². The SMILES string of the molecule is CC1CNC(=O)C(C(=O)N[C@H](C)CO)CC=CCC(Cc2nc3ccccc3o2)C(=O)O1. The van der Waals surface area contributed by atoms with Gasteiger partial charge >= 0.3 is 5.97 Å². The second-order valence-corrected chi connectivity index (χ2v) is 8.06. The Hall–Kier alpha value is -3.20. The van der Waals surface area contributed by atoms with Crippen molar-refractivity contribution in [2.24, 2.45) is 11.8 Å². The minimum atomic E-state index is -0.946. The molecule has 2 heterocycles. The average Bonchev–Trinajstić information content (AvgIpc) is 3.18. The summed E-state index contributed by atoms with van der Waals surface area (Å²) in [4.78, 5) is 42.2. The molecule has 172 valence electrons. The zero-order valence-electron chi connectivity index (χ0n) is 18.2. The minimum absolute atomic E-state index is 0.0865. The average molecular weight is 444 g/mol. The van der Waals surface area contributed by atoms with Crippen molar-refractivity contribution in [2.75, 3.05) is 13.2 Å². The molecule has 0 aliphatic carbocycles. The highest BCUT2D eigenvalue weighted by atomic mass is 16.5. The molecule has 9 heteroatoms. The number of carbonyl (C=O) groups excluding carboxylic acids is 3. The number of aromatic nitrogens is 1. The zero-order chi connectivity index (χ0) is 23.1. The summed E-state index contributed by atoms with van der Waals surface area (Å²) < 4.78 is 11.3. The standard InChI is InChI=1S/C23H29N3O6/c1-14(13-27)25-22(29)17-8-4-3-7-16(23(30)31-15(2)12-24-21(17)28)11-20-26-18-9-5-6-10-19(18)32-20/h3-6,9-10,14-17,27H,7-8,11-13H2,1-2H3,(H,24,28)(H,25,29)/t14-,15?,16?,17?/m1/s1. The van der Waals surface area contributed by atoms with E-state index in [0.717, 1.165) is 5.52 Å². The second kappa shape index (κ2) is 10.9. The highest BCUT2D eigenvalue weighted by molar-refractivity contribution is 6.00. The molecule has 0 radical (unpaired) electrons. The van der Waals surface area contributed by atoms with E-state index in [1.807, 2.05) is 24.3 Å². The van der Waals surface area contributed by atoms with Gasteiger partial charge in [0, 0.05) is 12.5 Å². The Kier molecular flexibility index (Phi) is 7.99. The van der Waals surface area contributed by atoms with Gasteiger partial charge in [-0.1, -0.05) is 24.3 Å². The number of rotatable bonds is 5. The monoisotopic (exact) mass is 443 g/mol. The number of nitrogens with one attached hydrogen (secondary N) is 2. The molecule has 3 unspecified atom stereocenters. The molecule has 0 fully saturated rings. The van der Waals surface area contributed by atoms with E-state index >= 15 is 0 Å². The second-order valence-electron chi connectivity index (χ2n) is 8.06. The molecular weight excluding hydrogens is 414 g/mol. The lowest BCUT2D eigenvalue weighted by Gasteiger charge is -2.22. The maximum absolute atomic E-state index is 12.7. The van der Waals surface area contributed by atoms with Gasteiger partial charge in [-0.05, 0) is 38.8 Å². The van der Waals surface area contributed by atoms with Crippen molar-refractivity contribution in [2.45, 2.75) is 45.3 Å². The summed E-state index contributed by atoms with van der Waals surface area (Å²) in [6, 6.07) is 6.93. The smallest absolute Gasteiger partial charge is 0.310 e. The van der Waals surface area contributed by atoms with Crippen LogP contribution in [-0.4, -0.2) is 53.2 Å². The number of esters is 1. The van der Waals surface area contributed by atoms with Gasteiger partial charge in [0.2, 0.25) is 11.8 Å². The van der Waals surface area contributed by atoms with Crippen LogP contribution in [0.3, 0.4) is 0 Å². The van der Waals surface area contributed by atoms with Crippen LogP contribution in [0.1, 0.15) is 32.6 Å². The summed E-state index contributed by atoms with van der Waals surface area (Å²) in [5.74, 6) is -2.32. The Labute approximate surface area is 186 Å². The summed E-state index contributed by atoms with van der Waals surface area (Å²) in [5.41, 5.74) is 1.38. The first-order valence-electron chi connectivity index (χ1n) is 10.8. The number of cyclic esters (lactones) is 1. The molecule has 2 aromatic rings. The lowest BCUT2D eigenvalue weighted by atomic mass is 9.98. The molecule has 2 amide bonds. The number of aliphatic hydroxyl groups excluding tert-OH is 1. The van der Waals surface area contributed by atoms with Crippen molar-refractivity contribution in [3.63, 3.8) is 0 Å². The van der Waals surface area contributed by atoms with E-state index in [9.17, 15) is 14.4 Å². The third-order valence-electron chi connectivity index (χ3n) is 5.23. The Balaban J connectivity index is 1.75. The molecule has 1 aliphatic heterocycles. The largest absolute Gasteiger partial charge is 0.461 e. The lowest BCUT2D eigenvalue weighted by molar-refractivity contribution is -0.154. The lowest BCUT2D eigenvalue weighted by Crippen LogP contribution is -2.46. The Morgan fingerprint density at radius 2 is 2.03 bits per heavy atom. The molecule has 32 heavy (non-hydrogen) atoms. The highest BCUT2D eigenvalue weighted by Gasteiger charge is 2.29. The fourth-order valence-electron chi connectivity index (χ4n) is 3.40. The maximum atomic E-state index is 12.7. The maximum Gasteiger partial charge on any atom is 0.310 e. The normalized spacial score (nSPS) is 23.5. The van der Waals surface area contributed by atoms with Gasteiger partial charge in [0.15, 0.2) is 11.5 Å². The number of aliphatic hydroxyl groups is 1. The first kappa shape index (κ1) is 23.5. The van der Waals surface area contributed by atoms with Crippen LogP contribution in [0.15, 0.2) is 40.8 Å². The predicted molar refractivity (Wildman–Crippen MR) is 116 cm³/mol. The number of ether oxygens (including phenoxy) is 1. The molecule has 1 aliphatic rings. The Morgan fingerprint density at radius 3 is 2.78 bits per heavy atom. The fourth-order valence-corrected chi connectivity index (χ4v) is 3.40. The molecule has 1 aromatic carbocycles. The number of amides is 2.